The monoisotopic (exact) mass is 876 g/mol. The third-order valence-corrected chi connectivity index (χ3v) is 19.5. The summed E-state index contributed by atoms with van der Waals surface area (Å²) in [6.45, 7) is 4.75. The molecule has 0 fully saturated rings. The van der Waals surface area contributed by atoms with Crippen LogP contribution in [0.2, 0.25) is 0 Å². The molecule has 13 rings (SSSR count). The van der Waals surface area contributed by atoms with E-state index in [4.69, 9.17) is 0 Å². The Hall–Kier alpha value is -8.05. The van der Waals surface area contributed by atoms with Gasteiger partial charge in [0, 0.05) is 38.6 Å². The molecule has 12 aromatic rings. The number of hydrogen-bond acceptors (Lipinski definition) is 1. The van der Waals surface area contributed by atoms with Crippen LogP contribution in [0.1, 0.15) is 25.0 Å². The lowest BCUT2D eigenvalue weighted by molar-refractivity contribution is 0.627. The number of halogens is 1. The predicted octanol–water partition coefficient (Wildman–Crippen LogP) is 13.9. The number of nitrogens with zero attached hydrogens (tertiary/aromatic N) is 2. The molecule has 11 aromatic carbocycles. The van der Waals surface area contributed by atoms with Gasteiger partial charge in [0.1, 0.15) is 5.82 Å². The van der Waals surface area contributed by atoms with E-state index in [2.05, 4.69) is 236 Å². The van der Waals surface area contributed by atoms with Gasteiger partial charge in [-0.15, -0.1) is 0 Å². The minimum Gasteiger partial charge on any atom is -0.310 e. The van der Waals surface area contributed by atoms with E-state index in [-0.39, 0.29) is 11.2 Å². The Labute approximate surface area is 390 Å². The molecular formula is C63H45FN2Si. The summed E-state index contributed by atoms with van der Waals surface area (Å²) in [7, 11) is -2.89. The summed E-state index contributed by atoms with van der Waals surface area (Å²) < 4.78 is 17.0. The molecule has 67 heavy (non-hydrogen) atoms. The fourth-order valence-corrected chi connectivity index (χ4v) is 16.4. The number of benzene rings is 11. The fourth-order valence-electron chi connectivity index (χ4n) is 11.7. The first-order valence-corrected chi connectivity index (χ1v) is 25.2. The maximum absolute atomic E-state index is 14.7. The molecule has 0 bridgehead atoms. The summed E-state index contributed by atoms with van der Waals surface area (Å²) in [5, 5.41) is 15.2. The molecule has 0 radical (unpaired) electrons. The number of fused-ring (bicyclic) bond motifs is 4. The zero-order valence-corrected chi connectivity index (χ0v) is 38.3. The van der Waals surface area contributed by atoms with Crippen molar-refractivity contribution in [2.45, 2.75) is 19.3 Å². The van der Waals surface area contributed by atoms with Crippen molar-refractivity contribution in [2.24, 2.45) is 0 Å². The van der Waals surface area contributed by atoms with Gasteiger partial charge in [-0.3, -0.25) is 0 Å². The van der Waals surface area contributed by atoms with Gasteiger partial charge in [0.15, 0.2) is 8.07 Å². The second kappa shape index (κ2) is 15.0. The van der Waals surface area contributed by atoms with Gasteiger partial charge in [-0.25, -0.2) is 4.39 Å². The molecule has 0 saturated carbocycles. The molecule has 0 amide bonds. The normalized spacial score (nSPS) is 13.1. The maximum Gasteiger partial charge on any atom is 0.179 e. The summed E-state index contributed by atoms with van der Waals surface area (Å²) in [5.74, 6) is -0.255. The molecule has 318 valence electrons. The number of hydrogen-bond donors (Lipinski definition) is 0. The second-order valence-electron chi connectivity index (χ2n) is 18.6. The van der Waals surface area contributed by atoms with Crippen LogP contribution in [0.3, 0.4) is 0 Å². The molecule has 0 atom stereocenters. The van der Waals surface area contributed by atoms with Crippen molar-refractivity contribution < 1.29 is 4.39 Å². The molecule has 0 saturated heterocycles. The molecule has 4 heteroatoms. The van der Waals surface area contributed by atoms with Crippen LogP contribution < -0.4 is 25.6 Å². The fraction of sp³-hybridized carbons (Fsp3) is 0.0476. The van der Waals surface area contributed by atoms with Crippen LogP contribution in [0.4, 0.5) is 21.5 Å². The van der Waals surface area contributed by atoms with Crippen LogP contribution in [0, 0.1) is 5.82 Å². The number of aromatic nitrogens is 1. The zero-order valence-electron chi connectivity index (χ0n) is 37.3. The minimum atomic E-state index is -2.89. The second-order valence-corrected chi connectivity index (χ2v) is 22.4. The van der Waals surface area contributed by atoms with E-state index in [0.717, 1.165) is 44.6 Å². The molecule has 2 nitrogen and oxygen atoms in total. The molecule has 0 unspecified atom stereocenters. The van der Waals surface area contributed by atoms with Crippen LogP contribution in [0.5, 0.6) is 0 Å². The third kappa shape index (κ3) is 5.86. The molecule has 1 aromatic heterocycles. The summed E-state index contributed by atoms with van der Waals surface area (Å²) in [4.78, 5) is 2.48. The molecule has 1 heterocycles. The topological polar surface area (TPSA) is 8.17 Å². The van der Waals surface area contributed by atoms with E-state index in [0.29, 0.717) is 0 Å². The van der Waals surface area contributed by atoms with Gasteiger partial charge in [-0.2, -0.15) is 0 Å². The highest BCUT2D eigenvalue weighted by Gasteiger charge is 2.42. The Morgan fingerprint density at radius 1 is 0.403 bits per heavy atom. The van der Waals surface area contributed by atoms with Crippen LogP contribution in [0.25, 0.3) is 59.8 Å². The van der Waals surface area contributed by atoms with Crippen molar-refractivity contribution >= 4 is 100 Å². The zero-order chi connectivity index (χ0) is 44.9. The maximum atomic E-state index is 14.7. The molecule has 0 aliphatic heterocycles. The van der Waals surface area contributed by atoms with Crippen LogP contribution >= 0.6 is 0 Å². The number of anilines is 3. The van der Waals surface area contributed by atoms with Crippen molar-refractivity contribution in [1.29, 1.82) is 0 Å². The van der Waals surface area contributed by atoms with E-state index in [1.807, 2.05) is 12.1 Å². The highest BCUT2D eigenvalue weighted by Crippen LogP contribution is 2.52. The molecule has 1 aliphatic carbocycles. The Kier molecular flexibility index (Phi) is 8.80. The van der Waals surface area contributed by atoms with Crippen molar-refractivity contribution in [1.82, 2.24) is 4.57 Å². The van der Waals surface area contributed by atoms with Crippen molar-refractivity contribution in [2.75, 3.05) is 4.90 Å². The van der Waals surface area contributed by atoms with Gasteiger partial charge < -0.3 is 9.47 Å². The third-order valence-electron chi connectivity index (χ3n) is 14.7. The van der Waals surface area contributed by atoms with E-state index in [9.17, 15) is 4.39 Å². The van der Waals surface area contributed by atoms with Crippen LogP contribution in [-0.4, -0.2) is 12.6 Å². The van der Waals surface area contributed by atoms with E-state index in [1.54, 1.807) is 12.1 Å². The lowest BCUT2D eigenvalue weighted by atomic mass is 9.81. The standard InChI is InChI=1S/C63H45FN2Si/c1-63(2)56-26-14-18-43-28-29-44-38-48(40-57(63)62(44)61(43)56)65(58-27-15-17-42-16-12-13-25-53(42)58)47-34-36-59-54(39-47)55-41-52(35-37-60(55)66(59)46-32-30-45(64)31-33-46)67(49-19-6-3-7-20-49,50-21-8-4-9-22-50)51-23-10-5-11-24-51/h3-41H,1-2H3. The smallest absolute Gasteiger partial charge is 0.179 e. The SMILES string of the molecule is CC1(C)c2cccc3ccc4cc(N(c5ccc6c(c5)c5cc([Si](c7ccccc7)(c7ccccc7)c7ccccc7)ccc5n6-c5ccc(F)cc5)c5cccc6ccccc56)cc1c4c23. The largest absolute Gasteiger partial charge is 0.310 e. The Morgan fingerprint density at radius 3 is 1.67 bits per heavy atom. The quantitative estimate of drug-likeness (QED) is 0.0839. The average molecular weight is 877 g/mol. The van der Waals surface area contributed by atoms with Gasteiger partial charge >= 0.3 is 0 Å². The molecule has 0 spiro atoms. The van der Waals surface area contributed by atoms with Crippen molar-refractivity contribution in [3.05, 3.63) is 254 Å². The Morgan fingerprint density at radius 2 is 0.970 bits per heavy atom. The van der Waals surface area contributed by atoms with Gasteiger partial charge in [0.05, 0.1) is 16.7 Å². The van der Waals surface area contributed by atoms with Crippen LogP contribution in [0.15, 0.2) is 237 Å². The van der Waals surface area contributed by atoms with Gasteiger partial charge in [-0.05, 0) is 126 Å². The van der Waals surface area contributed by atoms with Crippen molar-refractivity contribution in [3.63, 3.8) is 0 Å². The highest BCUT2D eigenvalue weighted by molar-refractivity contribution is 7.20. The highest BCUT2D eigenvalue weighted by atomic mass is 28.3. The predicted molar refractivity (Wildman–Crippen MR) is 284 cm³/mol. The van der Waals surface area contributed by atoms with Gasteiger partial charge in [0.2, 0.25) is 0 Å². The first kappa shape index (κ1) is 39.3. The first-order valence-electron chi connectivity index (χ1n) is 23.2. The molecule has 0 N–H and O–H groups in total. The number of rotatable bonds is 8. The summed E-state index contributed by atoms with van der Waals surface area (Å²) >= 11 is 0. The van der Waals surface area contributed by atoms with E-state index >= 15 is 0 Å². The summed E-state index contributed by atoms with van der Waals surface area (Å²) in [6.07, 6.45) is 0. The molecule has 1 aliphatic rings. The Bertz CT molecular complexity index is 3790. The lowest BCUT2D eigenvalue weighted by Gasteiger charge is -2.34. The summed E-state index contributed by atoms with van der Waals surface area (Å²) in [5.41, 5.74) is 8.88. The van der Waals surface area contributed by atoms with Gasteiger partial charge in [0.25, 0.3) is 0 Å². The average Bonchev–Trinajstić information content (AvgIpc) is 3.82. The van der Waals surface area contributed by atoms with Crippen molar-refractivity contribution in [3.8, 4) is 5.69 Å². The Balaban J connectivity index is 1.12. The van der Waals surface area contributed by atoms with Gasteiger partial charge in [-0.1, -0.05) is 184 Å². The first-order chi connectivity index (χ1) is 32.9. The van der Waals surface area contributed by atoms with E-state index < -0.39 is 8.07 Å². The van der Waals surface area contributed by atoms with Crippen LogP contribution in [-0.2, 0) is 5.41 Å². The summed E-state index contributed by atoms with van der Waals surface area (Å²) in [6, 6.07) is 85.9. The minimum absolute atomic E-state index is 0.183. The molecular weight excluding hydrogens is 832 g/mol. The lowest BCUT2D eigenvalue weighted by Crippen LogP contribution is -2.74. The van der Waals surface area contributed by atoms with E-state index in [1.165, 1.54) is 64.2 Å².